The van der Waals surface area contributed by atoms with Gasteiger partial charge in [-0.15, -0.1) is 11.3 Å². The topological polar surface area (TPSA) is 77.6 Å². The minimum atomic E-state index is 0.605. The van der Waals surface area contributed by atoms with Gasteiger partial charge in [-0.05, 0) is 47.5 Å². The number of thiophene rings is 1. The number of para-hydroxylation sites is 1. The first-order valence-electron chi connectivity index (χ1n) is 18.4. The van der Waals surface area contributed by atoms with E-state index in [1.165, 1.54) is 0 Å². The van der Waals surface area contributed by atoms with Gasteiger partial charge in [-0.3, -0.25) is 0 Å². The Morgan fingerprint density at radius 3 is 1.68 bits per heavy atom. The van der Waals surface area contributed by atoms with Crippen LogP contribution in [0.15, 0.2) is 180 Å². The molecule has 0 bridgehead atoms. The molecule has 7 aromatic carbocycles. The van der Waals surface area contributed by atoms with Crippen LogP contribution in [0.3, 0.4) is 0 Å². The smallest absolute Gasteiger partial charge is 0.180 e. The molecule has 0 amide bonds. The molecule has 0 fully saturated rings. The molecular weight excluding hydrogens is 707 g/mol. The first kappa shape index (κ1) is 32.1. The molecule has 0 unspecified atom stereocenters. The van der Waals surface area contributed by atoms with Gasteiger partial charge in [0.05, 0.1) is 0 Å². The van der Waals surface area contributed by atoms with Gasteiger partial charge in [-0.2, -0.15) is 0 Å². The summed E-state index contributed by atoms with van der Waals surface area (Å²) >= 11 is 1.76. The van der Waals surface area contributed by atoms with E-state index in [1.54, 1.807) is 11.3 Å². The maximum atomic E-state index is 6.40. The summed E-state index contributed by atoms with van der Waals surface area (Å²) in [6.07, 6.45) is 0. The van der Waals surface area contributed by atoms with Gasteiger partial charge in [0.25, 0.3) is 0 Å². The Kier molecular flexibility index (Phi) is 7.57. The molecule has 0 atom stereocenters. The highest BCUT2D eigenvalue weighted by molar-refractivity contribution is 7.26. The zero-order valence-corrected chi connectivity index (χ0v) is 30.6. The van der Waals surface area contributed by atoms with Crippen molar-refractivity contribution in [2.45, 2.75) is 0 Å². The third-order valence-corrected chi connectivity index (χ3v) is 11.3. The average molecular weight is 736 g/mol. The third kappa shape index (κ3) is 5.52. The summed E-state index contributed by atoms with van der Waals surface area (Å²) in [6.45, 7) is 0. The van der Waals surface area contributed by atoms with Crippen LogP contribution in [-0.2, 0) is 0 Å². The number of hydrogen-bond acceptors (Lipinski definition) is 7. The van der Waals surface area contributed by atoms with Crippen LogP contribution in [0.1, 0.15) is 0 Å². The van der Waals surface area contributed by atoms with Gasteiger partial charge >= 0.3 is 0 Å². The van der Waals surface area contributed by atoms with Crippen LogP contribution >= 0.6 is 11.3 Å². The fourth-order valence-corrected chi connectivity index (χ4v) is 8.56. The Bertz CT molecular complexity index is 3230. The number of fused-ring (bicyclic) bond motifs is 6. The van der Waals surface area contributed by atoms with Crippen LogP contribution in [0.2, 0.25) is 0 Å². The number of hydrogen-bond donors (Lipinski definition) is 0. The third-order valence-electron chi connectivity index (χ3n) is 10.2. The fraction of sp³-hybridized carbons (Fsp3) is 0. The van der Waals surface area contributed by atoms with Crippen molar-refractivity contribution in [2.75, 3.05) is 0 Å². The van der Waals surface area contributed by atoms with Crippen molar-refractivity contribution < 1.29 is 4.42 Å². The quantitative estimate of drug-likeness (QED) is 0.169. The van der Waals surface area contributed by atoms with E-state index in [2.05, 4.69) is 103 Å². The summed E-state index contributed by atoms with van der Waals surface area (Å²) in [4.78, 5) is 25.6. The molecule has 56 heavy (non-hydrogen) atoms. The monoisotopic (exact) mass is 735 g/mol. The van der Waals surface area contributed by atoms with Gasteiger partial charge in [-0.25, -0.2) is 24.9 Å². The lowest BCUT2D eigenvalue weighted by Gasteiger charge is -2.10. The van der Waals surface area contributed by atoms with Crippen molar-refractivity contribution in [1.29, 1.82) is 0 Å². The largest absolute Gasteiger partial charge is 0.452 e. The highest BCUT2D eigenvalue weighted by Gasteiger charge is 2.21. The van der Waals surface area contributed by atoms with Gasteiger partial charge in [0, 0.05) is 53.4 Å². The number of nitrogens with zero attached hydrogens (tertiary/aromatic N) is 5. The molecule has 262 valence electrons. The van der Waals surface area contributed by atoms with Gasteiger partial charge in [0.1, 0.15) is 16.8 Å². The lowest BCUT2D eigenvalue weighted by Crippen LogP contribution is -2.00. The molecular formula is C49H29N5OS. The second-order valence-corrected chi connectivity index (χ2v) is 14.7. The van der Waals surface area contributed by atoms with Crippen LogP contribution in [-0.4, -0.2) is 24.9 Å². The molecule has 0 aliphatic carbocycles. The Balaban J connectivity index is 1.09. The second-order valence-electron chi connectivity index (χ2n) is 13.6. The average Bonchev–Trinajstić information content (AvgIpc) is 3.85. The molecule has 11 rings (SSSR count). The van der Waals surface area contributed by atoms with Gasteiger partial charge in [0.15, 0.2) is 28.9 Å². The van der Waals surface area contributed by atoms with E-state index in [-0.39, 0.29) is 0 Å². The first-order valence-corrected chi connectivity index (χ1v) is 19.2. The van der Waals surface area contributed by atoms with E-state index in [0.717, 1.165) is 81.3 Å². The maximum absolute atomic E-state index is 6.40. The number of rotatable bonds is 6. The Labute approximate surface area is 325 Å². The maximum Gasteiger partial charge on any atom is 0.180 e. The zero-order valence-electron chi connectivity index (χ0n) is 29.8. The van der Waals surface area contributed by atoms with E-state index in [0.29, 0.717) is 28.9 Å². The molecule has 0 saturated carbocycles. The minimum Gasteiger partial charge on any atom is -0.452 e. The van der Waals surface area contributed by atoms with Crippen LogP contribution in [0.5, 0.6) is 0 Å². The van der Waals surface area contributed by atoms with Gasteiger partial charge in [-0.1, -0.05) is 140 Å². The minimum absolute atomic E-state index is 0.605. The van der Waals surface area contributed by atoms with E-state index >= 15 is 0 Å². The molecule has 0 aliphatic rings. The molecule has 4 aromatic heterocycles. The van der Waals surface area contributed by atoms with Crippen molar-refractivity contribution in [2.24, 2.45) is 0 Å². The van der Waals surface area contributed by atoms with Crippen LogP contribution < -0.4 is 0 Å². The summed E-state index contributed by atoms with van der Waals surface area (Å²) < 4.78 is 8.71. The predicted octanol–water partition coefficient (Wildman–Crippen LogP) is 12.9. The standard InChI is InChI=1S/C49H29N5OS/c1-4-13-30(14-5-1)31-23-25-34(26-24-31)47-52-46(33-17-8-3-9-18-33)53-48(54-47)35-27-28-40-38(29-35)42-37(20-12-22-41(42)56-40)49-50-43(32-15-6-2-7-16-32)45-44(51-49)36-19-10-11-21-39(36)55-45/h1-29H. The molecule has 0 aliphatic heterocycles. The van der Waals surface area contributed by atoms with E-state index < -0.39 is 0 Å². The zero-order chi connectivity index (χ0) is 37.0. The first-order chi connectivity index (χ1) is 27.7. The van der Waals surface area contributed by atoms with Crippen LogP contribution in [0.25, 0.3) is 110 Å². The SMILES string of the molecule is c1ccc(-c2ccc(-c3nc(-c4ccccc4)nc(-c4ccc5sc6cccc(-c7nc(-c8ccccc8)c8oc9ccccc9c8n7)c6c5c4)n3)cc2)cc1. The predicted molar refractivity (Wildman–Crippen MR) is 228 cm³/mol. The van der Waals surface area contributed by atoms with Crippen molar-refractivity contribution in [3.05, 3.63) is 176 Å². The van der Waals surface area contributed by atoms with Gasteiger partial charge in [0.2, 0.25) is 0 Å². The summed E-state index contributed by atoms with van der Waals surface area (Å²) in [7, 11) is 0. The van der Waals surface area contributed by atoms with Crippen molar-refractivity contribution in [1.82, 2.24) is 24.9 Å². The molecule has 4 heterocycles. The molecule has 0 spiro atoms. The summed E-state index contributed by atoms with van der Waals surface area (Å²) in [5.74, 6) is 2.49. The molecule has 11 aromatic rings. The lowest BCUT2D eigenvalue weighted by molar-refractivity contribution is 0.667. The Morgan fingerprint density at radius 1 is 0.375 bits per heavy atom. The second kappa shape index (κ2) is 13.2. The summed E-state index contributed by atoms with van der Waals surface area (Å²) in [6, 6.07) is 60.0. The molecule has 6 nitrogen and oxygen atoms in total. The van der Waals surface area contributed by atoms with Crippen LogP contribution in [0.4, 0.5) is 0 Å². The lowest BCUT2D eigenvalue weighted by atomic mass is 10.0. The van der Waals surface area contributed by atoms with E-state index in [4.69, 9.17) is 29.3 Å². The molecule has 0 radical (unpaired) electrons. The molecule has 0 N–H and O–H groups in total. The fourth-order valence-electron chi connectivity index (χ4n) is 7.45. The highest BCUT2D eigenvalue weighted by atomic mass is 32.1. The number of furan rings is 1. The summed E-state index contributed by atoms with van der Waals surface area (Å²) in [5, 5.41) is 3.15. The number of aromatic nitrogens is 5. The normalized spacial score (nSPS) is 11.6. The number of benzene rings is 7. The van der Waals surface area contributed by atoms with E-state index in [1.807, 2.05) is 72.8 Å². The van der Waals surface area contributed by atoms with E-state index in [9.17, 15) is 0 Å². The van der Waals surface area contributed by atoms with Gasteiger partial charge < -0.3 is 4.42 Å². The Hall–Kier alpha value is -7.35. The Morgan fingerprint density at radius 2 is 0.946 bits per heavy atom. The highest BCUT2D eigenvalue weighted by Crippen LogP contribution is 2.43. The van der Waals surface area contributed by atoms with Crippen molar-refractivity contribution in [3.8, 4) is 67.9 Å². The summed E-state index contributed by atoms with van der Waals surface area (Å²) in [5.41, 5.74) is 10.00. The van der Waals surface area contributed by atoms with Crippen molar-refractivity contribution >= 4 is 53.6 Å². The molecule has 0 saturated heterocycles. The molecule has 7 heteroatoms. The van der Waals surface area contributed by atoms with Crippen molar-refractivity contribution in [3.63, 3.8) is 0 Å². The van der Waals surface area contributed by atoms with Crippen LogP contribution in [0, 0.1) is 0 Å².